The Morgan fingerprint density at radius 2 is 2.33 bits per heavy atom. The van der Waals surface area contributed by atoms with Crippen molar-refractivity contribution < 1.29 is 14.6 Å². The van der Waals surface area contributed by atoms with E-state index in [4.69, 9.17) is 9.84 Å². The molecule has 0 aromatic carbocycles. The van der Waals surface area contributed by atoms with E-state index in [1.165, 1.54) is 0 Å². The number of hydrogen-bond donors (Lipinski definition) is 1. The topological polar surface area (TPSA) is 49.8 Å². The fourth-order valence-corrected chi connectivity index (χ4v) is 2.17. The highest BCUT2D eigenvalue weighted by atomic mass is 16.5. The molecule has 2 unspecified atom stereocenters. The Kier molecular flexibility index (Phi) is 4.11. The molecule has 4 nitrogen and oxygen atoms in total. The average Bonchev–Trinajstić information content (AvgIpc) is 2.17. The Bertz CT molecular complexity index is 232. The van der Waals surface area contributed by atoms with Gasteiger partial charge in [-0.05, 0) is 33.2 Å². The number of nitrogens with zero attached hydrogens (tertiary/aromatic N) is 1. The average molecular weight is 215 g/mol. The molecule has 0 spiro atoms. The molecule has 1 saturated heterocycles. The molecule has 1 aliphatic heterocycles. The van der Waals surface area contributed by atoms with Gasteiger partial charge in [-0.25, -0.2) is 0 Å². The van der Waals surface area contributed by atoms with Crippen LogP contribution in [-0.4, -0.2) is 47.8 Å². The number of ether oxygens (including phenoxy) is 1. The summed E-state index contributed by atoms with van der Waals surface area (Å²) in [6, 6.07) is 0.0947. The van der Waals surface area contributed by atoms with Gasteiger partial charge in [0.25, 0.3) is 0 Å². The molecule has 0 radical (unpaired) electrons. The fourth-order valence-electron chi connectivity index (χ4n) is 2.17. The zero-order chi connectivity index (χ0) is 11.5. The second-order valence-corrected chi connectivity index (χ2v) is 4.67. The zero-order valence-electron chi connectivity index (χ0n) is 9.82. The van der Waals surface area contributed by atoms with Gasteiger partial charge in [-0.3, -0.25) is 9.69 Å². The smallest absolute Gasteiger partial charge is 0.304 e. The van der Waals surface area contributed by atoms with Crippen LogP contribution < -0.4 is 0 Å². The molecule has 0 saturated carbocycles. The maximum Gasteiger partial charge on any atom is 0.304 e. The van der Waals surface area contributed by atoms with Crippen LogP contribution in [0.25, 0.3) is 0 Å². The third-order valence-corrected chi connectivity index (χ3v) is 3.27. The molecule has 0 amide bonds. The van der Waals surface area contributed by atoms with Crippen molar-refractivity contribution in [1.29, 1.82) is 0 Å². The molecule has 0 aromatic rings. The summed E-state index contributed by atoms with van der Waals surface area (Å²) in [4.78, 5) is 12.8. The van der Waals surface area contributed by atoms with Crippen molar-refractivity contribution in [2.24, 2.45) is 0 Å². The first-order valence-electron chi connectivity index (χ1n) is 5.48. The van der Waals surface area contributed by atoms with Crippen LogP contribution in [0.5, 0.6) is 0 Å². The van der Waals surface area contributed by atoms with Gasteiger partial charge in [-0.2, -0.15) is 0 Å². The first-order chi connectivity index (χ1) is 6.97. The van der Waals surface area contributed by atoms with Crippen LogP contribution in [0.3, 0.4) is 0 Å². The number of carboxylic acid groups (broad SMARTS) is 1. The summed E-state index contributed by atoms with van der Waals surface area (Å²) in [5.41, 5.74) is -0.106. The quantitative estimate of drug-likeness (QED) is 0.769. The van der Waals surface area contributed by atoms with Gasteiger partial charge in [0, 0.05) is 19.7 Å². The third kappa shape index (κ3) is 3.47. The highest BCUT2D eigenvalue weighted by Gasteiger charge is 2.33. The van der Waals surface area contributed by atoms with E-state index in [1.54, 1.807) is 7.11 Å². The van der Waals surface area contributed by atoms with Crippen LogP contribution in [0, 0.1) is 0 Å². The Hall–Kier alpha value is -0.610. The molecule has 88 valence electrons. The fraction of sp³-hybridized carbons (Fsp3) is 0.909. The largest absolute Gasteiger partial charge is 0.481 e. The van der Waals surface area contributed by atoms with Crippen molar-refractivity contribution in [2.45, 2.75) is 44.8 Å². The summed E-state index contributed by atoms with van der Waals surface area (Å²) in [7, 11) is 1.73. The lowest BCUT2D eigenvalue weighted by molar-refractivity contribution is -0.139. The van der Waals surface area contributed by atoms with E-state index < -0.39 is 5.97 Å². The zero-order valence-corrected chi connectivity index (χ0v) is 9.82. The predicted molar refractivity (Wildman–Crippen MR) is 57.9 cm³/mol. The molecule has 0 aromatic heterocycles. The number of carboxylic acids is 1. The van der Waals surface area contributed by atoms with Gasteiger partial charge >= 0.3 is 5.97 Å². The summed E-state index contributed by atoms with van der Waals surface area (Å²) in [5, 5.41) is 8.74. The summed E-state index contributed by atoms with van der Waals surface area (Å²) in [6.07, 6.45) is 2.34. The lowest BCUT2D eigenvalue weighted by Gasteiger charge is -2.42. The van der Waals surface area contributed by atoms with Crippen LogP contribution in [0.2, 0.25) is 0 Å². The van der Waals surface area contributed by atoms with Crippen LogP contribution in [0.15, 0.2) is 0 Å². The Morgan fingerprint density at radius 3 is 2.87 bits per heavy atom. The normalized spacial score (nSPS) is 30.1. The third-order valence-electron chi connectivity index (χ3n) is 3.27. The maximum absolute atomic E-state index is 10.6. The van der Waals surface area contributed by atoms with Crippen LogP contribution in [-0.2, 0) is 9.53 Å². The predicted octanol–water partition coefficient (Wildman–Crippen LogP) is 1.35. The summed E-state index contributed by atoms with van der Waals surface area (Å²) < 4.78 is 5.47. The SMILES string of the molecule is COC1(C)CCCN(C(C)CC(=O)O)C1. The highest BCUT2D eigenvalue weighted by Crippen LogP contribution is 2.25. The molecule has 2 atom stereocenters. The number of carbonyl (C=O) groups is 1. The molecule has 1 rings (SSSR count). The van der Waals surface area contributed by atoms with E-state index in [2.05, 4.69) is 11.8 Å². The van der Waals surface area contributed by atoms with E-state index in [0.29, 0.717) is 0 Å². The van der Waals surface area contributed by atoms with Crippen LogP contribution >= 0.6 is 0 Å². The number of methoxy groups -OCH3 is 1. The Labute approximate surface area is 91.2 Å². The van der Waals surface area contributed by atoms with Gasteiger partial charge < -0.3 is 9.84 Å². The van der Waals surface area contributed by atoms with Gasteiger partial charge in [-0.1, -0.05) is 0 Å². The maximum atomic E-state index is 10.6. The van der Waals surface area contributed by atoms with Gasteiger partial charge in [0.05, 0.1) is 12.0 Å². The summed E-state index contributed by atoms with van der Waals surface area (Å²) in [6.45, 7) is 5.87. The molecule has 0 aliphatic carbocycles. The van der Waals surface area contributed by atoms with Crippen molar-refractivity contribution in [3.05, 3.63) is 0 Å². The molecular weight excluding hydrogens is 194 g/mol. The first-order valence-corrected chi connectivity index (χ1v) is 5.48. The number of rotatable bonds is 4. The minimum absolute atomic E-state index is 0.0947. The lowest BCUT2D eigenvalue weighted by Crippen LogP contribution is -2.50. The Balaban J connectivity index is 2.52. The van der Waals surface area contributed by atoms with E-state index in [0.717, 1.165) is 25.9 Å². The molecule has 1 heterocycles. The number of piperidine rings is 1. The monoisotopic (exact) mass is 215 g/mol. The molecule has 15 heavy (non-hydrogen) atoms. The highest BCUT2D eigenvalue weighted by molar-refractivity contribution is 5.67. The van der Waals surface area contributed by atoms with Gasteiger partial charge in [0.15, 0.2) is 0 Å². The minimum atomic E-state index is -0.729. The first kappa shape index (κ1) is 12.5. The summed E-state index contributed by atoms with van der Waals surface area (Å²) >= 11 is 0. The van der Waals surface area contributed by atoms with Crippen molar-refractivity contribution in [3.63, 3.8) is 0 Å². The van der Waals surface area contributed by atoms with E-state index in [1.807, 2.05) is 6.92 Å². The lowest BCUT2D eigenvalue weighted by atomic mass is 9.93. The summed E-state index contributed by atoms with van der Waals surface area (Å²) in [5.74, 6) is -0.729. The van der Waals surface area contributed by atoms with Gasteiger partial charge in [-0.15, -0.1) is 0 Å². The molecule has 1 aliphatic rings. The second kappa shape index (κ2) is 4.94. The molecule has 0 bridgehead atoms. The van der Waals surface area contributed by atoms with Gasteiger partial charge in [0.1, 0.15) is 0 Å². The van der Waals surface area contributed by atoms with E-state index >= 15 is 0 Å². The molecule has 1 fully saturated rings. The molecular formula is C11H21NO3. The Morgan fingerprint density at radius 1 is 1.67 bits per heavy atom. The van der Waals surface area contributed by atoms with E-state index in [9.17, 15) is 4.79 Å². The standard InChI is InChI=1S/C11H21NO3/c1-9(7-10(13)14)12-6-4-5-11(2,8-12)15-3/h9H,4-8H2,1-3H3,(H,13,14). The second-order valence-electron chi connectivity index (χ2n) is 4.67. The number of hydrogen-bond acceptors (Lipinski definition) is 3. The van der Waals surface area contributed by atoms with Crippen LogP contribution in [0.1, 0.15) is 33.1 Å². The van der Waals surface area contributed by atoms with E-state index in [-0.39, 0.29) is 18.1 Å². The molecule has 4 heteroatoms. The minimum Gasteiger partial charge on any atom is -0.481 e. The number of likely N-dealkylation sites (tertiary alicyclic amines) is 1. The van der Waals surface area contributed by atoms with Crippen molar-refractivity contribution in [1.82, 2.24) is 4.90 Å². The van der Waals surface area contributed by atoms with Crippen LogP contribution in [0.4, 0.5) is 0 Å². The molecule has 1 N–H and O–H groups in total. The van der Waals surface area contributed by atoms with Crippen molar-refractivity contribution >= 4 is 5.97 Å². The number of aliphatic carboxylic acids is 1. The van der Waals surface area contributed by atoms with Crippen molar-refractivity contribution in [3.8, 4) is 0 Å². The van der Waals surface area contributed by atoms with Crippen molar-refractivity contribution in [2.75, 3.05) is 20.2 Å². The van der Waals surface area contributed by atoms with Gasteiger partial charge in [0.2, 0.25) is 0 Å².